The SMILES string of the molecule is Cc1n[nH]c(C)c1CCCOc1cc(OCCCc2cn(CCOCCOCCOCCC(=O)NCCCCC(NC(=O)C(Cc3ccc(O)cc3)NC(=O)C(CO)NC(=O)C(Cc3c[nH]c4ccccc34)NC(=O)C(Cc3c[nH]cn3)NC(=O)C3CCC(O)N3)C(=O)NC(CC(C)C)C(=O)NC(CCCNC(=N)N)C(=O)N3CCCC3C(=O)NCC(N)=O)nn2)cc(C(=O)O)c1. The van der Waals surface area contributed by atoms with Gasteiger partial charge in [0.1, 0.15) is 71.8 Å². The van der Waals surface area contributed by atoms with Crippen LogP contribution in [0.3, 0.4) is 0 Å². The smallest absolute Gasteiger partial charge is 0.335 e. The van der Waals surface area contributed by atoms with Crippen LogP contribution in [0, 0.1) is 25.2 Å². The Balaban J connectivity index is 0.801. The summed E-state index contributed by atoms with van der Waals surface area (Å²) in [5.41, 5.74) is 16.7. The highest BCUT2D eigenvalue weighted by molar-refractivity contribution is 5.99. The minimum atomic E-state index is -1.84. The molecule has 7 aromatic rings. The van der Waals surface area contributed by atoms with E-state index in [1.807, 2.05) is 20.0 Å². The number of unbranched alkanes of at least 4 members (excludes halogenated alkanes) is 1. The van der Waals surface area contributed by atoms with Gasteiger partial charge in [0.15, 0.2) is 5.96 Å². The van der Waals surface area contributed by atoms with Gasteiger partial charge in [-0.1, -0.05) is 49.4 Å². The van der Waals surface area contributed by atoms with Crippen molar-refractivity contribution in [1.82, 2.24) is 104 Å². The first kappa shape index (κ1) is 103. The number of nitrogens with zero attached hydrogens (tertiary/aromatic N) is 6. The van der Waals surface area contributed by atoms with Crippen molar-refractivity contribution in [3.63, 3.8) is 0 Å². The van der Waals surface area contributed by atoms with E-state index in [1.54, 1.807) is 55.1 Å². The third-order valence-corrected chi connectivity index (χ3v) is 22.0. The number of aliphatic hydroxyl groups is 2. The van der Waals surface area contributed by atoms with Crippen LogP contribution in [0.1, 0.15) is 147 Å². The molecule has 9 rings (SSSR count). The number of para-hydroxylation sites is 1. The topological polar surface area (TPSA) is 647 Å². The summed E-state index contributed by atoms with van der Waals surface area (Å²) in [6, 6.07) is 4.85. The predicted molar refractivity (Wildman–Crippen MR) is 477 cm³/mol. The lowest BCUT2D eigenvalue weighted by Gasteiger charge is -2.31. The third-order valence-electron chi connectivity index (χ3n) is 22.0. The first-order valence-corrected chi connectivity index (χ1v) is 44.4. The van der Waals surface area contributed by atoms with Crippen molar-refractivity contribution >= 4 is 87.8 Å². The summed E-state index contributed by atoms with van der Waals surface area (Å²) < 4.78 is 30.6. The first-order chi connectivity index (χ1) is 63.5. The molecule has 718 valence electrons. The van der Waals surface area contributed by atoms with E-state index in [0.29, 0.717) is 91.3 Å². The number of carbonyl (C=O) groups is 12. The summed E-state index contributed by atoms with van der Waals surface area (Å²) >= 11 is 0. The Bertz CT molecular complexity index is 4930. The summed E-state index contributed by atoms with van der Waals surface area (Å²) in [5.74, 6) is -9.88. The van der Waals surface area contributed by atoms with Gasteiger partial charge in [0.05, 0.1) is 108 Å². The lowest BCUT2D eigenvalue weighted by Crippen LogP contribution is -2.61. The molecule has 2 saturated heterocycles. The monoisotopic (exact) mass is 1840 g/mol. The molecule has 2 aliphatic heterocycles. The number of guanidine groups is 1. The Labute approximate surface area is 762 Å². The average molecular weight is 1840 g/mol. The molecule has 0 spiro atoms. The fourth-order valence-corrected chi connectivity index (χ4v) is 15.1. The van der Waals surface area contributed by atoms with Gasteiger partial charge in [-0.25, -0.2) is 14.5 Å². The quantitative estimate of drug-likeness (QED) is 0.0124. The number of hydrogen-bond acceptors (Lipinski definition) is 26. The standard InChI is InChI=1S/C88H125N23O21/c1-52(2)39-69(80(119)100-68(18-9-28-94-88(90)91)86(125)111-29-10-19-74(111)85(124)96-48-75(89)114)101-78(117)66(17-7-8-27-93-76(115)26-33-128-35-37-130-38-36-129-34-30-110-49-58(108-109-110)13-11-31-131-61-41-56(87(126)127)42-62(45-61)132-32-12-15-63-53(3)106-107-54(63)4)99-81(120)70(40-55-20-22-60(113)23-21-55)102-84(123)73(50-112)105-82(121)71(43-57-46-95-65-16-6-5-14-64(57)65)103-83(122)72(44-59-47-92-51-97-59)104-79(118)67-24-25-77(116)98-67/h5-6,14,16,20-23,41-42,45-47,49,51-52,66-74,77,95,98,112-113,116H,7-13,15,17-19,24-40,43-44,48,50H2,1-4H3,(H2,89,114)(H,92,97)(H,93,115)(H,96,124)(H,99,120)(H,100,119)(H,101,117)(H,102,123)(H,103,122)(H,104,118)(H,105,121)(H,106,107)(H,126,127)(H4,90,91,94). The number of carboxylic acids is 1. The van der Waals surface area contributed by atoms with Crippen LogP contribution in [0.5, 0.6) is 17.2 Å². The maximum Gasteiger partial charge on any atom is 0.335 e. The average Bonchev–Trinajstić information content (AvgIpc) is 1.66. The second-order valence-electron chi connectivity index (χ2n) is 32.8. The summed E-state index contributed by atoms with van der Waals surface area (Å²) in [7, 11) is 0. The molecular weight excluding hydrogens is 1720 g/mol. The van der Waals surface area contributed by atoms with Gasteiger partial charge in [0, 0.05) is 86.6 Å². The van der Waals surface area contributed by atoms with E-state index >= 15 is 9.59 Å². The number of nitrogens with two attached hydrogens (primary N) is 2. The third kappa shape index (κ3) is 34.0. The van der Waals surface area contributed by atoms with Gasteiger partial charge in [0.2, 0.25) is 65.0 Å². The summed E-state index contributed by atoms with van der Waals surface area (Å²) in [4.78, 5) is 179. The number of primary amides is 1. The van der Waals surface area contributed by atoms with Crippen molar-refractivity contribution < 1.29 is 102 Å². The number of H-pyrrole nitrogens is 3. The molecule has 132 heavy (non-hydrogen) atoms. The molecule has 4 aromatic heterocycles. The van der Waals surface area contributed by atoms with Gasteiger partial charge in [-0.2, -0.15) is 5.10 Å². The Morgan fingerprint density at radius 2 is 1.25 bits per heavy atom. The first-order valence-electron chi connectivity index (χ1n) is 44.4. The molecule has 6 heterocycles. The van der Waals surface area contributed by atoms with Crippen LogP contribution in [-0.2, 0) is 106 Å². The van der Waals surface area contributed by atoms with Gasteiger partial charge < -0.3 is 124 Å². The number of amides is 11. The minimum Gasteiger partial charge on any atom is -0.508 e. The number of carbonyl (C=O) groups excluding carboxylic acids is 11. The molecule has 2 aliphatic rings. The maximum absolute atomic E-state index is 15.2. The van der Waals surface area contributed by atoms with E-state index in [4.69, 9.17) is 40.6 Å². The zero-order valence-electron chi connectivity index (χ0n) is 74.7. The van der Waals surface area contributed by atoms with Crippen molar-refractivity contribution in [2.45, 2.75) is 210 Å². The molecule has 44 heteroatoms. The minimum absolute atomic E-state index is 0.0276. The number of likely N-dealkylation sites (tertiary alicyclic amines) is 1. The molecule has 0 bridgehead atoms. The van der Waals surface area contributed by atoms with E-state index in [9.17, 15) is 68.4 Å². The van der Waals surface area contributed by atoms with E-state index < -0.39 is 139 Å². The van der Waals surface area contributed by atoms with Crippen molar-refractivity contribution in [1.29, 1.82) is 5.41 Å². The fraction of sp³-hybridized carbons (Fsp3) is 0.534. The number of aromatic carboxylic acids is 1. The van der Waals surface area contributed by atoms with E-state index in [-0.39, 0.29) is 165 Å². The number of phenols is 1. The highest BCUT2D eigenvalue weighted by atomic mass is 16.5. The number of nitrogens with one attached hydrogen (secondary N) is 15. The van der Waals surface area contributed by atoms with Gasteiger partial charge in [-0.05, 0) is 157 Å². The van der Waals surface area contributed by atoms with Gasteiger partial charge in [-0.3, -0.25) is 68.6 Å². The van der Waals surface area contributed by atoms with Gasteiger partial charge >= 0.3 is 5.97 Å². The molecule has 11 amide bonds. The summed E-state index contributed by atoms with van der Waals surface area (Å²) in [5, 5.41) is 94.8. The second kappa shape index (κ2) is 53.2. The van der Waals surface area contributed by atoms with Crippen LogP contribution < -0.4 is 79.4 Å². The molecule has 2 fully saturated rings. The Kier molecular flexibility index (Phi) is 41.4. The molecule has 23 N–H and O–H groups in total. The van der Waals surface area contributed by atoms with E-state index in [2.05, 4.69) is 93.9 Å². The van der Waals surface area contributed by atoms with Crippen molar-refractivity contribution in [2.24, 2.45) is 17.4 Å². The number of hydrogen-bond donors (Lipinski definition) is 21. The van der Waals surface area contributed by atoms with Crippen molar-refractivity contribution in [2.75, 3.05) is 85.6 Å². The van der Waals surface area contributed by atoms with Crippen LogP contribution in [0.15, 0.2) is 91.6 Å². The Morgan fingerprint density at radius 1 is 0.629 bits per heavy atom. The van der Waals surface area contributed by atoms with E-state index in [0.717, 1.165) is 29.1 Å². The molecule has 0 radical (unpaired) electrons. The van der Waals surface area contributed by atoms with E-state index in [1.165, 1.54) is 53.8 Å². The number of aryl methyl sites for hydroxylation is 3. The lowest BCUT2D eigenvalue weighted by atomic mass is 10.00. The van der Waals surface area contributed by atoms with Crippen molar-refractivity contribution in [3.05, 3.63) is 137 Å². The maximum atomic E-state index is 15.2. The second-order valence-corrected chi connectivity index (χ2v) is 32.8. The summed E-state index contributed by atoms with van der Waals surface area (Å²) in [6.07, 6.45) is 8.74. The highest BCUT2D eigenvalue weighted by Crippen LogP contribution is 2.27. The zero-order valence-corrected chi connectivity index (χ0v) is 74.7. The number of fused-ring (bicyclic) bond motifs is 1. The van der Waals surface area contributed by atoms with Gasteiger partial charge in [-0.15, -0.1) is 5.10 Å². The zero-order chi connectivity index (χ0) is 95.0. The Morgan fingerprint density at radius 3 is 1.90 bits per heavy atom. The highest BCUT2D eigenvalue weighted by Gasteiger charge is 2.41. The number of imidazole rings is 1. The van der Waals surface area contributed by atoms with Crippen molar-refractivity contribution in [3.8, 4) is 17.2 Å². The number of aromatic amines is 3. The fourth-order valence-electron chi connectivity index (χ4n) is 15.1. The summed E-state index contributed by atoms with van der Waals surface area (Å²) in [6.45, 7) is 8.60. The number of aromatic hydroxyl groups is 1. The molecule has 10 unspecified atom stereocenters. The van der Waals surface area contributed by atoms with Crippen LogP contribution in [0.4, 0.5) is 0 Å². The largest absolute Gasteiger partial charge is 0.508 e. The molecule has 0 saturated carbocycles. The normalized spacial score (nSPS) is 15.8. The van der Waals surface area contributed by atoms with Crippen LogP contribution >= 0.6 is 0 Å². The predicted octanol–water partition coefficient (Wildman–Crippen LogP) is -0.938. The van der Waals surface area contributed by atoms with Crippen LogP contribution in [0.25, 0.3) is 10.9 Å². The molecule has 0 aliphatic carbocycles. The molecule has 44 nitrogen and oxygen atoms in total. The van der Waals surface area contributed by atoms with Crippen LogP contribution in [0.2, 0.25) is 0 Å². The Hall–Kier alpha value is -13.2. The molecular formula is C88H125N23O21. The number of carboxylic acid groups (broad SMARTS) is 1. The molecule has 10 atom stereocenters. The number of benzene rings is 3. The molecule has 3 aromatic carbocycles. The lowest BCUT2D eigenvalue weighted by molar-refractivity contribution is -0.142. The number of phenolic OH excluding ortho intramolecular Hbond substituents is 1. The number of aliphatic hydroxyl groups excluding tert-OH is 2. The number of ether oxygens (including phenoxy) is 5. The number of rotatable bonds is 59. The van der Waals surface area contributed by atoms with Gasteiger partial charge in [0.25, 0.3) is 0 Å². The number of aromatic nitrogens is 8. The van der Waals surface area contributed by atoms with Crippen LogP contribution in [-0.4, -0.2) is 289 Å².